The molecule has 0 aliphatic carbocycles. The average Bonchev–Trinajstić information content (AvgIpc) is 3.20. The van der Waals surface area contributed by atoms with E-state index in [9.17, 15) is 4.79 Å². The molecule has 0 aliphatic rings. The fraction of sp³-hybridized carbons (Fsp3) is 0.192. The second-order valence-electron chi connectivity index (χ2n) is 7.72. The molecular weight excluding hydrogens is 432 g/mol. The monoisotopic (exact) mass is 458 g/mol. The molecule has 0 fully saturated rings. The Kier molecular flexibility index (Phi) is 7.10. The van der Waals surface area contributed by atoms with E-state index in [2.05, 4.69) is 34.2 Å². The van der Waals surface area contributed by atoms with Gasteiger partial charge in [0, 0.05) is 17.6 Å². The van der Waals surface area contributed by atoms with Crippen LogP contribution in [0.15, 0.2) is 78.5 Å². The summed E-state index contributed by atoms with van der Waals surface area (Å²) in [7, 11) is 0. The molecule has 0 unspecified atom stereocenters. The first-order valence-electron chi connectivity index (χ1n) is 10.7. The number of benzene rings is 3. The Hall–Kier alpha value is -3.58. The topological polar surface area (TPSA) is 69.0 Å². The molecule has 0 bridgehead atoms. The van der Waals surface area contributed by atoms with Crippen molar-refractivity contribution in [3.8, 4) is 5.75 Å². The van der Waals surface area contributed by atoms with Gasteiger partial charge in [0.15, 0.2) is 11.0 Å². The van der Waals surface area contributed by atoms with Crippen molar-refractivity contribution in [1.29, 1.82) is 0 Å². The van der Waals surface area contributed by atoms with Gasteiger partial charge >= 0.3 is 0 Å². The summed E-state index contributed by atoms with van der Waals surface area (Å²) in [5.74, 6) is 1.62. The molecule has 0 aliphatic heterocycles. The van der Waals surface area contributed by atoms with Gasteiger partial charge in [0.1, 0.15) is 12.4 Å². The lowest BCUT2D eigenvalue weighted by atomic mass is 10.1. The number of aromatic nitrogens is 3. The largest absolute Gasteiger partial charge is 0.485 e. The summed E-state index contributed by atoms with van der Waals surface area (Å²) < 4.78 is 8.01. The van der Waals surface area contributed by atoms with E-state index in [1.807, 2.05) is 66.9 Å². The van der Waals surface area contributed by atoms with E-state index in [0.717, 1.165) is 33.3 Å². The van der Waals surface area contributed by atoms with Gasteiger partial charge in [0.2, 0.25) is 5.91 Å². The first-order valence-corrected chi connectivity index (χ1v) is 11.7. The Balaban J connectivity index is 1.43. The Bertz CT molecular complexity index is 1290. The van der Waals surface area contributed by atoms with Gasteiger partial charge in [-0.15, -0.1) is 16.8 Å². The number of fused-ring (bicyclic) bond motifs is 1. The molecule has 168 valence electrons. The lowest BCUT2D eigenvalue weighted by molar-refractivity contribution is -0.113. The molecule has 1 N–H and O–H groups in total. The standard InChI is InChI=1S/C26H26N4O2S/c1-4-14-30-24(16-32-23-11-7-9-20-8-5-6-10-21(20)23)28-29-26(30)33-17-25(31)27-22-15-18(2)12-13-19(22)3/h4-13,15H,1,14,16-17H2,2-3H3,(H,27,31). The van der Waals surface area contributed by atoms with Gasteiger partial charge in [-0.25, -0.2) is 0 Å². The molecule has 6 nitrogen and oxygen atoms in total. The lowest BCUT2D eigenvalue weighted by Crippen LogP contribution is -2.15. The van der Waals surface area contributed by atoms with Gasteiger partial charge < -0.3 is 10.1 Å². The molecule has 7 heteroatoms. The fourth-order valence-electron chi connectivity index (χ4n) is 3.50. The van der Waals surface area contributed by atoms with Gasteiger partial charge in [0.05, 0.1) is 5.75 Å². The maximum Gasteiger partial charge on any atom is 0.234 e. The predicted molar refractivity (Wildman–Crippen MR) is 134 cm³/mol. The van der Waals surface area contributed by atoms with Crippen molar-refractivity contribution in [3.63, 3.8) is 0 Å². The van der Waals surface area contributed by atoms with Crippen LogP contribution in [0.2, 0.25) is 0 Å². The van der Waals surface area contributed by atoms with E-state index >= 15 is 0 Å². The molecule has 0 saturated carbocycles. The highest BCUT2D eigenvalue weighted by molar-refractivity contribution is 7.99. The van der Waals surface area contributed by atoms with E-state index in [-0.39, 0.29) is 18.3 Å². The van der Waals surface area contributed by atoms with Crippen molar-refractivity contribution in [2.24, 2.45) is 0 Å². The number of nitrogens with one attached hydrogen (secondary N) is 1. The third kappa shape index (κ3) is 5.43. The van der Waals surface area contributed by atoms with E-state index in [1.54, 1.807) is 6.08 Å². The van der Waals surface area contributed by atoms with E-state index in [0.29, 0.717) is 17.5 Å². The first-order chi connectivity index (χ1) is 16.0. The van der Waals surface area contributed by atoms with Crippen LogP contribution in [0.4, 0.5) is 5.69 Å². The molecule has 4 aromatic rings. The molecule has 0 spiro atoms. The van der Waals surface area contributed by atoms with Crippen molar-refractivity contribution >= 4 is 34.1 Å². The van der Waals surface area contributed by atoms with Crippen molar-refractivity contribution in [2.45, 2.75) is 32.2 Å². The Morgan fingerprint density at radius 1 is 1.12 bits per heavy atom. The SMILES string of the molecule is C=CCn1c(COc2cccc3ccccc23)nnc1SCC(=O)Nc1cc(C)ccc1C. The number of aryl methyl sites for hydroxylation is 2. The number of thioether (sulfide) groups is 1. The minimum atomic E-state index is -0.0876. The molecule has 0 radical (unpaired) electrons. The maximum absolute atomic E-state index is 12.5. The van der Waals surface area contributed by atoms with Crippen LogP contribution in [0.5, 0.6) is 5.75 Å². The van der Waals surface area contributed by atoms with E-state index < -0.39 is 0 Å². The summed E-state index contributed by atoms with van der Waals surface area (Å²) in [4.78, 5) is 12.5. The molecule has 0 saturated heterocycles. The highest BCUT2D eigenvalue weighted by atomic mass is 32.2. The molecule has 0 atom stereocenters. The van der Waals surface area contributed by atoms with Gasteiger partial charge in [-0.2, -0.15) is 0 Å². The fourth-order valence-corrected chi connectivity index (χ4v) is 4.26. The molecule has 33 heavy (non-hydrogen) atoms. The zero-order chi connectivity index (χ0) is 23.2. The zero-order valence-electron chi connectivity index (χ0n) is 18.7. The van der Waals surface area contributed by atoms with Gasteiger partial charge in [-0.1, -0.05) is 66.4 Å². The van der Waals surface area contributed by atoms with Crippen LogP contribution in [0.25, 0.3) is 10.8 Å². The molecular formula is C26H26N4O2S. The summed E-state index contributed by atoms with van der Waals surface area (Å²) in [6.45, 7) is 8.62. The second-order valence-corrected chi connectivity index (χ2v) is 8.66. The number of nitrogens with zero attached hydrogens (tertiary/aromatic N) is 3. The van der Waals surface area contributed by atoms with Gasteiger partial charge in [0.25, 0.3) is 0 Å². The molecule has 4 rings (SSSR count). The number of carbonyl (C=O) groups is 1. The Morgan fingerprint density at radius 3 is 2.79 bits per heavy atom. The summed E-state index contributed by atoms with van der Waals surface area (Å²) in [6.07, 6.45) is 1.78. The normalized spacial score (nSPS) is 10.8. The highest BCUT2D eigenvalue weighted by Crippen LogP contribution is 2.26. The second kappa shape index (κ2) is 10.4. The Morgan fingerprint density at radius 2 is 1.94 bits per heavy atom. The lowest BCUT2D eigenvalue weighted by Gasteiger charge is -2.11. The van der Waals surface area contributed by atoms with Crippen LogP contribution in [0.3, 0.4) is 0 Å². The van der Waals surface area contributed by atoms with Gasteiger partial charge in [-0.05, 0) is 42.5 Å². The minimum Gasteiger partial charge on any atom is -0.485 e. The van der Waals surface area contributed by atoms with E-state index in [4.69, 9.17) is 4.74 Å². The van der Waals surface area contributed by atoms with Crippen LogP contribution < -0.4 is 10.1 Å². The molecule has 3 aromatic carbocycles. The number of rotatable bonds is 9. The number of hydrogen-bond donors (Lipinski definition) is 1. The molecule has 1 amide bonds. The quantitative estimate of drug-likeness (QED) is 0.263. The van der Waals surface area contributed by atoms with Crippen LogP contribution in [0.1, 0.15) is 17.0 Å². The molecule has 1 aromatic heterocycles. The Labute approximate surface area is 197 Å². The van der Waals surface area contributed by atoms with Crippen LogP contribution in [-0.4, -0.2) is 26.4 Å². The third-order valence-electron chi connectivity index (χ3n) is 5.21. The summed E-state index contributed by atoms with van der Waals surface area (Å²) in [6, 6.07) is 20.1. The van der Waals surface area contributed by atoms with Gasteiger partial charge in [-0.3, -0.25) is 9.36 Å². The number of ether oxygens (including phenoxy) is 1. The maximum atomic E-state index is 12.5. The van der Waals surface area contributed by atoms with Crippen LogP contribution >= 0.6 is 11.8 Å². The van der Waals surface area contributed by atoms with E-state index in [1.165, 1.54) is 11.8 Å². The summed E-state index contributed by atoms with van der Waals surface area (Å²) in [5, 5.41) is 14.4. The summed E-state index contributed by atoms with van der Waals surface area (Å²) in [5.41, 5.74) is 2.96. The van der Waals surface area contributed by atoms with Crippen LogP contribution in [-0.2, 0) is 17.9 Å². The number of amides is 1. The minimum absolute atomic E-state index is 0.0876. The number of carbonyl (C=O) groups excluding carboxylic acids is 1. The molecule has 1 heterocycles. The van der Waals surface area contributed by atoms with Crippen molar-refractivity contribution < 1.29 is 9.53 Å². The smallest absolute Gasteiger partial charge is 0.234 e. The number of allylic oxidation sites excluding steroid dienone is 1. The van der Waals surface area contributed by atoms with Crippen LogP contribution in [0, 0.1) is 13.8 Å². The summed E-state index contributed by atoms with van der Waals surface area (Å²) >= 11 is 1.34. The average molecular weight is 459 g/mol. The highest BCUT2D eigenvalue weighted by Gasteiger charge is 2.15. The van der Waals surface area contributed by atoms with Crippen molar-refractivity contribution in [1.82, 2.24) is 14.8 Å². The number of hydrogen-bond acceptors (Lipinski definition) is 5. The van der Waals surface area contributed by atoms with Crippen molar-refractivity contribution in [3.05, 3.63) is 90.3 Å². The third-order valence-corrected chi connectivity index (χ3v) is 6.18. The predicted octanol–water partition coefficient (Wildman–Crippen LogP) is 5.54. The number of anilines is 1. The zero-order valence-corrected chi connectivity index (χ0v) is 19.6. The first kappa shape index (κ1) is 22.6. The van der Waals surface area contributed by atoms with Crippen molar-refractivity contribution in [2.75, 3.05) is 11.1 Å².